The first kappa shape index (κ1) is 31.9. The fourth-order valence-corrected chi connectivity index (χ4v) is 10.9. The van der Waals surface area contributed by atoms with Gasteiger partial charge < -0.3 is 9.53 Å². The van der Waals surface area contributed by atoms with Crippen LogP contribution in [0, 0.1) is 5.41 Å². The van der Waals surface area contributed by atoms with Crippen molar-refractivity contribution in [3.8, 4) is 0 Å². The van der Waals surface area contributed by atoms with Gasteiger partial charge in [-0.25, -0.2) is 0 Å². The number of aliphatic hydroxyl groups excluding tert-OH is 1. The Morgan fingerprint density at radius 1 is 0.821 bits per heavy atom. The highest BCUT2D eigenvalue weighted by Crippen LogP contribution is 2.37. The molecule has 0 aliphatic carbocycles. The number of nitrogens with zero attached hydrogens (tertiary/aromatic N) is 2. The first-order valence-electron chi connectivity index (χ1n) is 14.1. The topological polar surface area (TPSA) is 79.3 Å². The predicted octanol–water partition coefficient (Wildman–Crippen LogP) is 2.94. The fraction of sp³-hybridized carbons (Fsp3) is 0.600. The van der Waals surface area contributed by atoms with E-state index in [2.05, 4.69) is 79.1 Å². The first-order valence-corrected chi connectivity index (χ1v) is 17.5. The van der Waals surface area contributed by atoms with Gasteiger partial charge in [-0.2, -0.15) is 8.42 Å². The van der Waals surface area contributed by atoms with Crippen LogP contribution in [0.5, 0.6) is 0 Å². The monoisotopic (exact) mass is 576 g/mol. The van der Waals surface area contributed by atoms with Crippen molar-refractivity contribution in [1.82, 2.24) is 9.80 Å². The minimum Gasteiger partial charge on any atom is -0.407 e. The van der Waals surface area contributed by atoms with Crippen molar-refractivity contribution < 1.29 is 22.1 Å². The van der Waals surface area contributed by atoms with E-state index in [1.54, 1.807) is 0 Å². The molecular weight excluding hydrogens is 528 g/mol. The Kier molecular flexibility index (Phi) is 11.3. The molecule has 1 aliphatic heterocycles. The molecule has 3 rings (SSSR count). The molecule has 1 heterocycles. The third kappa shape index (κ3) is 8.95. The Morgan fingerprint density at radius 3 is 1.77 bits per heavy atom. The van der Waals surface area contributed by atoms with Gasteiger partial charge in [0, 0.05) is 45.9 Å². The maximum Gasteiger partial charge on any atom is 0.268 e. The van der Waals surface area contributed by atoms with Crippen molar-refractivity contribution in [1.29, 1.82) is 0 Å². The molecule has 1 fully saturated rings. The van der Waals surface area contributed by atoms with Crippen molar-refractivity contribution in [3.63, 3.8) is 0 Å². The summed E-state index contributed by atoms with van der Waals surface area (Å²) in [6, 6.07) is 21.1. The van der Waals surface area contributed by atoms with E-state index in [9.17, 15) is 8.42 Å². The average molecular weight is 577 g/mol. The largest absolute Gasteiger partial charge is 0.407 e. The van der Waals surface area contributed by atoms with Crippen LogP contribution in [-0.4, -0.2) is 96.5 Å². The Bertz CT molecular complexity index is 1060. The predicted molar refractivity (Wildman–Crippen MR) is 162 cm³/mol. The van der Waals surface area contributed by atoms with Gasteiger partial charge in [0.2, 0.25) is 0 Å². The van der Waals surface area contributed by atoms with Crippen molar-refractivity contribution in [3.05, 3.63) is 60.7 Å². The minimum absolute atomic E-state index is 0.0123. The van der Waals surface area contributed by atoms with Crippen LogP contribution in [0.4, 0.5) is 0 Å². The number of piperazine rings is 1. The molecule has 0 saturated carbocycles. The number of hydrogen-bond acceptors (Lipinski definition) is 7. The Hall–Kier alpha value is -1.59. The molecule has 0 bridgehead atoms. The van der Waals surface area contributed by atoms with Crippen molar-refractivity contribution >= 4 is 28.8 Å². The van der Waals surface area contributed by atoms with Crippen LogP contribution >= 0.6 is 0 Å². The SMILES string of the molecule is CC(C)(CCO[Si](c1ccccc1)(c1ccccc1)C(C)(C)C)COS(=O)(=O)CCN1CCN(CCO)CC1. The number of benzene rings is 2. The zero-order valence-corrected chi connectivity index (χ0v) is 26.3. The van der Waals surface area contributed by atoms with Crippen LogP contribution < -0.4 is 10.4 Å². The molecule has 7 nitrogen and oxygen atoms in total. The lowest BCUT2D eigenvalue weighted by atomic mass is 9.91. The van der Waals surface area contributed by atoms with Gasteiger partial charge in [0.05, 0.1) is 19.0 Å². The van der Waals surface area contributed by atoms with E-state index in [1.807, 2.05) is 26.0 Å². The summed E-state index contributed by atoms with van der Waals surface area (Å²) in [4.78, 5) is 4.34. The van der Waals surface area contributed by atoms with Crippen LogP contribution in [0.2, 0.25) is 5.04 Å². The summed E-state index contributed by atoms with van der Waals surface area (Å²) in [5.41, 5.74) is -0.367. The molecule has 1 N–H and O–H groups in total. The second-order valence-electron chi connectivity index (χ2n) is 12.4. The average Bonchev–Trinajstić information content (AvgIpc) is 2.90. The lowest BCUT2D eigenvalue weighted by Gasteiger charge is -2.43. The van der Waals surface area contributed by atoms with Crippen molar-refractivity contribution in [2.75, 3.05) is 64.8 Å². The summed E-state index contributed by atoms with van der Waals surface area (Å²) in [5, 5.41) is 11.5. The highest BCUT2D eigenvalue weighted by Gasteiger charge is 2.50. The third-order valence-electron chi connectivity index (χ3n) is 7.68. The van der Waals surface area contributed by atoms with Gasteiger partial charge in [0.15, 0.2) is 0 Å². The van der Waals surface area contributed by atoms with E-state index in [0.29, 0.717) is 26.1 Å². The van der Waals surface area contributed by atoms with E-state index in [0.717, 1.165) is 26.2 Å². The zero-order valence-electron chi connectivity index (χ0n) is 24.4. The molecular formula is C30H48N2O5SSi. The van der Waals surface area contributed by atoms with Crippen LogP contribution in [0.3, 0.4) is 0 Å². The van der Waals surface area contributed by atoms with Crippen LogP contribution in [0.1, 0.15) is 41.0 Å². The molecule has 0 aromatic heterocycles. The third-order valence-corrected chi connectivity index (χ3v) is 13.9. The maximum atomic E-state index is 12.7. The summed E-state index contributed by atoms with van der Waals surface area (Å²) < 4.78 is 37.9. The van der Waals surface area contributed by atoms with Gasteiger partial charge in [-0.1, -0.05) is 95.3 Å². The number of β-amino-alcohol motifs (C(OH)–C–C–N with tert-alkyl or cyclic N) is 1. The van der Waals surface area contributed by atoms with E-state index in [4.69, 9.17) is 13.7 Å². The highest BCUT2D eigenvalue weighted by molar-refractivity contribution is 7.86. The molecule has 39 heavy (non-hydrogen) atoms. The molecule has 0 spiro atoms. The second kappa shape index (κ2) is 13.8. The lowest BCUT2D eigenvalue weighted by molar-refractivity contribution is 0.115. The summed E-state index contributed by atoms with van der Waals surface area (Å²) in [5.74, 6) is -0.0123. The molecule has 2 aromatic carbocycles. The van der Waals surface area contributed by atoms with E-state index < -0.39 is 18.4 Å². The molecule has 1 saturated heterocycles. The first-order chi connectivity index (χ1) is 18.4. The minimum atomic E-state index is -3.63. The lowest BCUT2D eigenvalue weighted by Crippen LogP contribution is -2.66. The highest BCUT2D eigenvalue weighted by atomic mass is 32.2. The normalized spacial score (nSPS) is 16.5. The molecule has 218 valence electrons. The molecule has 9 heteroatoms. The molecule has 0 atom stereocenters. The van der Waals surface area contributed by atoms with Crippen molar-refractivity contribution in [2.24, 2.45) is 5.41 Å². The van der Waals surface area contributed by atoms with E-state index in [1.165, 1.54) is 10.4 Å². The summed E-state index contributed by atoms with van der Waals surface area (Å²) >= 11 is 0. The van der Waals surface area contributed by atoms with Gasteiger partial charge in [-0.3, -0.25) is 14.0 Å². The van der Waals surface area contributed by atoms with E-state index >= 15 is 0 Å². The second-order valence-corrected chi connectivity index (χ2v) is 18.4. The van der Waals surface area contributed by atoms with Crippen molar-refractivity contribution in [2.45, 2.75) is 46.1 Å². The molecule has 1 aliphatic rings. The quantitative estimate of drug-likeness (QED) is 0.274. The van der Waals surface area contributed by atoms with Gasteiger partial charge in [-0.15, -0.1) is 0 Å². The Labute approximate surface area is 237 Å². The summed E-state index contributed by atoms with van der Waals surface area (Å²) in [7, 11) is -6.26. The number of aliphatic hydroxyl groups is 1. The van der Waals surface area contributed by atoms with Crippen LogP contribution in [0.25, 0.3) is 0 Å². The molecule has 0 amide bonds. The summed E-state index contributed by atoms with van der Waals surface area (Å²) in [6.07, 6.45) is 0.680. The van der Waals surface area contributed by atoms with Gasteiger partial charge in [-0.05, 0) is 27.2 Å². The van der Waals surface area contributed by atoms with Crippen LogP contribution in [0.15, 0.2) is 60.7 Å². The van der Waals surface area contributed by atoms with Gasteiger partial charge in [0.1, 0.15) is 0 Å². The number of rotatable bonds is 14. The maximum absolute atomic E-state index is 12.7. The Balaban J connectivity index is 1.59. The Morgan fingerprint density at radius 2 is 1.31 bits per heavy atom. The molecule has 2 aromatic rings. The molecule has 0 unspecified atom stereocenters. The smallest absolute Gasteiger partial charge is 0.268 e. The standard InChI is InChI=1S/C30H48N2O5SSi/c1-29(2,3)39(27-12-8-6-9-13-27,28-14-10-7-11-15-28)37-24-16-30(4,5)26-36-38(34,35)25-22-32-19-17-31(18-20-32)21-23-33/h6-15,33H,16-26H2,1-5H3. The van der Waals surface area contributed by atoms with E-state index in [-0.39, 0.29) is 29.4 Å². The van der Waals surface area contributed by atoms with Gasteiger partial charge in [0.25, 0.3) is 18.4 Å². The fourth-order valence-electron chi connectivity index (χ4n) is 5.24. The van der Waals surface area contributed by atoms with Gasteiger partial charge >= 0.3 is 0 Å². The number of hydrogen-bond donors (Lipinski definition) is 1. The molecule has 0 radical (unpaired) electrons. The summed E-state index contributed by atoms with van der Waals surface area (Å²) in [6.45, 7) is 16.1. The van der Waals surface area contributed by atoms with Crippen LogP contribution in [-0.2, 0) is 18.7 Å². The zero-order chi connectivity index (χ0) is 28.6.